The van der Waals surface area contributed by atoms with Crippen molar-refractivity contribution in [1.82, 2.24) is 4.31 Å². The average Bonchev–Trinajstić information content (AvgIpc) is 2.61. The van der Waals surface area contributed by atoms with Crippen molar-refractivity contribution in [1.29, 1.82) is 0 Å². The van der Waals surface area contributed by atoms with Crippen molar-refractivity contribution in [2.24, 2.45) is 0 Å². The zero-order chi connectivity index (χ0) is 19.8. The molecule has 0 radical (unpaired) electrons. The quantitative estimate of drug-likeness (QED) is 0.375. The van der Waals surface area contributed by atoms with Crippen LogP contribution in [0.1, 0.15) is 10.4 Å². The number of hydrogen-bond acceptors (Lipinski definition) is 6. The van der Waals surface area contributed by atoms with E-state index < -0.39 is 21.6 Å². The van der Waals surface area contributed by atoms with Gasteiger partial charge in [-0.05, 0) is 36.4 Å². The van der Waals surface area contributed by atoms with Gasteiger partial charge in [-0.2, -0.15) is 0 Å². The van der Waals surface area contributed by atoms with Gasteiger partial charge < -0.3 is 9.15 Å². The molecule has 0 aliphatic heterocycles. The maximum Gasteiger partial charge on any atom is 0.345 e. The molecule has 27 heavy (non-hydrogen) atoms. The molecule has 0 saturated heterocycles. The smallest absolute Gasteiger partial charge is 0.345 e. The second-order valence-electron chi connectivity index (χ2n) is 5.77. The van der Waals surface area contributed by atoms with Gasteiger partial charge in [0.2, 0.25) is 10.0 Å². The Bertz CT molecular complexity index is 1200. The maximum absolute atomic E-state index is 12.5. The van der Waals surface area contributed by atoms with Crippen LogP contribution < -0.4 is 10.4 Å². The van der Waals surface area contributed by atoms with Gasteiger partial charge in [0.15, 0.2) is 0 Å². The topological polar surface area (TPSA) is 93.9 Å². The van der Waals surface area contributed by atoms with Gasteiger partial charge in [0.25, 0.3) is 0 Å². The lowest BCUT2D eigenvalue weighted by atomic mass is 10.2. The molecule has 3 rings (SSSR count). The highest BCUT2D eigenvalue weighted by Crippen LogP contribution is 2.25. The fourth-order valence-electron chi connectivity index (χ4n) is 2.30. The van der Waals surface area contributed by atoms with Gasteiger partial charge in [0.05, 0.1) is 15.5 Å². The predicted molar refractivity (Wildman–Crippen MR) is 99.8 cm³/mol. The second kappa shape index (κ2) is 7.15. The van der Waals surface area contributed by atoms with Crippen molar-refractivity contribution in [2.75, 3.05) is 14.1 Å². The number of nitrogens with zero attached hydrogens (tertiary/aromatic N) is 1. The molecule has 0 N–H and O–H groups in total. The lowest BCUT2D eigenvalue weighted by Gasteiger charge is -2.13. The third-order valence-corrected chi connectivity index (χ3v) is 5.88. The van der Waals surface area contributed by atoms with Crippen LogP contribution in [0.2, 0.25) is 5.02 Å². The fourth-order valence-corrected chi connectivity index (χ4v) is 3.42. The summed E-state index contributed by atoms with van der Waals surface area (Å²) in [5.41, 5.74) is -0.382. The number of rotatable bonds is 4. The van der Waals surface area contributed by atoms with E-state index in [-0.39, 0.29) is 26.8 Å². The van der Waals surface area contributed by atoms with Crippen molar-refractivity contribution in [3.63, 3.8) is 0 Å². The highest BCUT2D eigenvalue weighted by Gasteiger charge is 2.22. The Balaban J connectivity index is 1.95. The minimum Gasteiger partial charge on any atom is -0.423 e. The normalized spacial score (nSPS) is 11.7. The average molecular weight is 408 g/mol. The van der Waals surface area contributed by atoms with E-state index in [0.29, 0.717) is 5.39 Å². The number of carbonyl (C=O) groups is 1. The van der Waals surface area contributed by atoms with E-state index in [4.69, 9.17) is 20.8 Å². The van der Waals surface area contributed by atoms with Crippen molar-refractivity contribution >= 4 is 38.6 Å². The van der Waals surface area contributed by atoms with Crippen LogP contribution in [0, 0.1) is 0 Å². The minimum absolute atomic E-state index is 0.0463. The zero-order valence-corrected chi connectivity index (χ0v) is 15.9. The molecule has 2 aromatic carbocycles. The molecule has 0 unspecified atom stereocenters. The summed E-state index contributed by atoms with van der Waals surface area (Å²) in [5, 5.41) is 0.705. The molecule has 1 heterocycles. The van der Waals surface area contributed by atoms with Gasteiger partial charge >= 0.3 is 11.6 Å². The molecule has 140 valence electrons. The van der Waals surface area contributed by atoms with Crippen LogP contribution in [0.4, 0.5) is 0 Å². The summed E-state index contributed by atoms with van der Waals surface area (Å²) in [7, 11) is -0.979. The SMILES string of the molecule is CN(C)S(=O)(=O)c1ccc(Cl)c(C(=O)Oc2ccc3ccc(=O)oc3c2)c1. The van der Waals surface area contributed by atoms with Crippen LogP contribution in [-0.4, -0.2) is 32.8 Å². The molecule has 0 amide bonds. The van der Waals surface area contributed by atoms with E-state index in [0.717, 1.165) is 10.4 Å². The zero-order valence-electron chi connectivity index (χ0n) is 14.3. The number of halogens is 1. The van der Waals surface area contributed by atoms with Crippen molar-refractivity contribution in [3.8, 4) is 5.75 Å². The maximum atomic E-state index is 12.5. The molecule has 1 aromatic heterocycles. The molecule has 3 aromatic rings. The van der Waals surface area contributed by atoms with Gasteiger partial charge in [-0.15, -0.1) is 0 Å². The third kappa shape index (κ3) is 3.87. The van der Waals surface area contributed by atoms with Crippen molar-refractivity contribution in [3.05, 3.63) is 69.5 Å². The van der Waals surface area contributed by atoms with Gasteiger partial charge in [-0.3, -0.25) is 0 Å². The summed E-state index contributed by atoms with van der Waals surface area (Å²) in [4.78, 5) is 23.7. The number of sulfonamides is 1. The summed E-state index contributed by atoms with van der Waals surface area (Å²) < 4.78 is 35.8. The van der Waals surface area contributed by atoms with E-state index in [1.807, 2.05) is 0 Å². The Hall–Kier alpha value is -2.68. The molecule has 0 fully saturated rings. The van der Waals surface area contributed by atoms with Crippen molar-refractivity contribution in [2.45, 2.75) is 4.90 Å². The fraction of sp³-hybridized carbons (Fsp3) is 0.111. The Labute approximate surface area is 159 Å². The first kappa shape index (κ1) is 19.1. The summed E-state index contributed by atoms with van der Waals surface area (Å²) >= 11 is 6.03. The first-order valence-corrected chi connectivity index (χ1v) is 9.48. The molecule has 0 atom stereocenters. The molecule has 0 aliphatic carbocycles. The highest BCUT2D eigenvalue weighted by molar-refractivity contribution is 7.89. The summed E-state index contributed by atoms with van der Waals surface area (Å²) in [6.07, 6.45) is 0. The molecule has 0 saturated carbocycles. The van der Waals surface area contributed by atoms with Crippen LogP contribution >= 0.6 is 11.6 Å². The number of fused-ring (bicyclic) bond motifs is 1. The highest BCUT2D eigenvalue weighted by atomic mass is 35.5. The number of carbonyl (C=O) groups excluding carboxylic acids is 1. The number of esters is 1. The van der Waals surface area contributed by atoms with Crippen molar-refractivity contribution < 1.29 is 22.4 Å². The number of hydrogen-bond donors (Lipinski definition) is 0. The lowest BCUT2D eigenvalue weighted by Crippen LogP contribution is -2.22. The Morgan fingerprint density at radius 2 is 1.78 bits per heavy atom. The summed E-state index contributed by atoms with van der Waals surface area (Å²) in [5.74, 6) is -0.716. The van der Waals surface area contributed by atoms with Crippen LogP contribution in [0.3, 0.4) is 0 Å². The predicted octanol–water partition coefficient (Wildman–Crippen LogP) is 2.92. The van der Waals surface area contributed by atoms with Gasteiger partial charge in [-0.25, -0.2) is 22.3 Å². The van der Waals surface area contributed by atoms with E-state index in [2.05, 4.69) is 0 Å². The molecular weight excluding hydrogens is 394 g/mol. The van der Waals surface area contributed by atoms with E-state index >= 15 is 0 Å². The second-order valence-corrected chi connectivity index (χ2v) is 8.33. The first-order valence-electron chi connectivity index (χ1n) is 7.66. The largest absolute Gasteiger partial charge is 0.423 e. The molecule has 7 nitrogen and oxygen atoms in total. The summed E-state index contributed by atoms with van der Waals surface area (Å²) in [6, 6.07) is 11.2. The number of ether oxygens (including phenoxy) is 1. The Kier molecular flexibility index (Phi) is 5.05. The van der Waals surface area contributed by atoms with E-state index in [9.17, 15) is 18.0 Å². The van der Waals surface area contributed by atoms with Gasteiger partial charge in [0, 0.05) is 31.6 Å². The van der Waals surface area contributed by atoms with E-state index in [1.165, 1.54) is 44.4 Å². The Morgan fingerprint density at radius 1 is 1.07 bits per heavy atom. The minimum atomic E-state index is -3.74. The first-order chi connectivity index (χ1) is 12.7. The van der Waals surface area contributed by atoms with Crippen LogP contribution in [0.5, 0.6) is 5.75 Å². The third-order valence-electron chi connectivity index (χ3n) is 3.74. The van der Waals surface area contributed by atoms with Gasteiger partial charge in [0.1, 0.15) is 11.3 Å². The molecule has 9 heteroatoms. The van der Waals surface area contributed by atoms with Crippen LogP contribution in [0.15, 0.2) is 62.6 Å². The van der Waals surface area contributed by atoms with Crippen LogP contribution in [-0.2, 0) is 10.0 Å². The summed E-state index contributed by atoms with van der Waals surface area (Å²) in [6.45, 7) is 0. The standard InChI is InChI=1S/C18H14ClNO6S/c1-20(2)27(23,24)13-6-7-15(19)14(10-13)18(22)25-12-5-3-11-4-8-17(21)26-16(11)9-12/h3-10H,1-2H3. The Morgan fingerprint density at radius 3 is 2.48 bits per heavy atom. The van der Waals surface area contributed by atoms with Gasteiger partial charge in [-0.1, -0.05) is 11.6 Å². The van der Waals surface area contributed by atoms with E-state index in [1.54, 1.807) is 12.1 Å². The molecular formula is C18H14ClNO6S. The lowest BCUT2D eigenvalue weighted by molar-refractivity contribution is 0.0735. The molecule has 0 bridgehead atoms. The monoisotopic (exact) mass is 407 g/mol. The number of benzene rings is 2. The molecule has 0 spiro atoms. The van der Waals surface area contributed by atoms with Crippen LogP contribution in [0.25, 0.3) is 11.0 Å². The molecule has 0 aliphatic rings.